The minimum absolute atomic E-state index is 0.122. The maximum Gasteiger partial charge on any atom is 0.326 e. The maximum atomic E-state index is 11.7. The molecule has 7 nitrogen and oxygen atoms in total. The Hall–Kier alpha value is -1.63. The summed E-state index contributed by atoms with van der Waals surface area (Å²) in [4.78, 5) is 33.0. The average Bonchev–Trinajstić information content (AvgIpc) is 2.35. The maximum absolute atomic E-state index is 11.7. The molecule has 1 heterocycles. The van der Waals surface area contributed by atoms with Crippen LogP contribution in [0.1, 0.15) is 38.5 Å². The van der Waals surface area contributed by atoms with Crippen molar-refractivity contribution >= 4 is 17.8 Å². The molecule has 0 saturated carbocycles. The molecule has 1 aliphatic rings. The van der Waals surface area contributed by atoms with Gasteiger partial charge in [-0.1, -0.05) is 0 Å². The zero-order valence-corrected chi connectivity index (χ0v) is 10.6. The first kappa shape index (κ1) is 15.4. The van der Waals surface area contributed by atoms with Gasteiger partial charge in [0.05, 0.1) is 12.5 Å². The van der Waals surface area contributed by atoms with E-state index in [4.69, 9.17) is 14.9 Å². The van der Waals surface area contributed by atoms with Gasteiger partial charge in [0.1, 0.15) is 6.04 Å². The van der Waals surface area contributed by atoms with Crippen LogP contribution in [0, 0.1) is 0 Å². The van der Waals surface area contributed by atoms with Crippen molar-refractivity contribution in [3.05, 3.63) is 0 Å². The summed E-state index contributed by atoms with van der Waals surface area (Å²) in [6.07, 6.45) is 2.31. The number of nitrogens with one attached hydrogen (secondary N) is 1. The summed E-state index contributed by atoms with van der Waals surface area (Å²) in [6, 6.07) is -1.16. The number of rotatable bonds is 7. The predicted molar refractivity (Wildman–Crippen MR) is 64.6 cm³/mol. The second kappa shape index (κ2) is 7.73. The number of carboxylic acid groups (broad SMARTS) is 2. The van der Waals surface area contributed by atoms with Crippen LogP contribution in [0.5, 0.6) is 0 Å². The number of carbonyl (C=O) groups is 3. The monoisotopic (exact) mass is 273 g/mol. The highest BCUT2D eigenvalue weighted by Gasteiger charge is 2.23. The van der Waals surface area contributed by atoms with Crippen molar-refractivity contribution in [3.8, 4) is 0 Å². The van der Waals surface area contributed by atoms with E-state index in [9.17, 15) is 14.4 Å². The van der Waals surface area contributed by atoms with Gasteiger partial charge in [0, 0.05) is 13.0 Å². The predicted octanol–water partition coefficient (Wildman–Crippen LogP) is 0.380. The van der Waals surface area contributed by atoms with Crippen molar-refractivity contribution < 1.29 is 29.3 Å². The lowest BCUT2D eigenvalue weighted by Gasteiger charge is -2.22. The van der Waals surface area contributed by atoms with E-state index in [1.807, 2.05) is 0 Å². The molecular formula is C12H19NO6. The van der Waals surface area contributed by atoms with Gasteiger partial charge in [-0.3, -0.25) is 9.59 Å². The molecule has 7 heteroatoms. The fourth-order valence-corrected chi connectivity index (χ4v) is 1.95. The van der Waals surface area contributed by atoms with Crippen LogP contribution < -0.4 is 5.32 Å². The Bertz CT molecular complexity index is 337. The molecule has 0 aromatic carbocycles. The zero-order valence-electron chi connectivity index (χ0n) is 10.6. The topological polar surface area (TPSA) is 113 Å². The Kier molecular flexibility index (Phi) is 6.27. The van der Waals surface area contributed by atoms with Crippen LogP contribution in [0.15, 0.2) is 0 Å². The van der Waals surface area contributed by atoms with E-state index in [1.54, 1.807) is 0 Å². The number of carboxylic acids is 2. The lowest BCUT2D eigenvalue weighted by molar-refractivity contribution is -0.143. The van der Waals surface area contributed by atoms with Crippen molar-refractivity contribution in [1.29, 1.82) is 0 Å². The van der Waals surface area contributed by atoms with Crippen LogP contribution in [0.3, 0.4) is 0 Å². The Morgan fingerprint density at radius 1 is 1.26 bits per heavy atom. The summed E-state index contributed by atoms with van der Waals surface area (Å²) >= 11 is 0. The van der Waals surface area contributed by atoms with Gasteiger partial charge in [-0.25, -0.2) is 4.79 Å². The molecule has 1 saturated heterocycles. The summed E-state index contributed by atoms with van der Waals surface area (Å²) in [5.41, 5.74) is 0. The van der Waals surface area contributed by atoms with Crippen LogP contribution in [0.25, 0.3) is 0 Å². The minimum Gasteiger partial charge on any atom is -0.481 e. The number of hydrogen-bond donors (Lipinski definition) is 3. The van der Waals surface area contributed by atoms with Crippen LogP contribution in [0.4, 0.5) is 0 Å². The van der Waals surface area contributed by atoms with E-state index in [-0.39, 0.29) is 25.4 Å². The van der Waals surface area contributed by atoms with Gasteiger partial charge in [0.2, 0.25) is 5.91 Å². The Morgan fingerprint density at radius 2 is 2.00 bits per heavy atom. The first-order chi connectivity index (χ1) is 8.99. The Labute approximate surface area is 110 Å². The third-order valence-electron chi connectivity index (χ3n) is 2.97. The summed E-state index contributed by atoms with van der Waals surface area (Å²) < 4.78 is 5.39. The molecule has 108 valence electrons. The molecule has 1 amide bonds. The van der Waals surface area contributed by atoms with E-state index in [0.717, 1.165) is 19.3 Å². The van der Waals surface area contributed by atoms with Gasteiger partial charge in [0.25, 0.3) is 0 Å². The van der Waals surface area contributed by atoms with Crippen molar-refractivity contribution in [3.63, 3.8) is 0 Å². The first-order valence-corrected chi connectivity index (χ1v) is 6.34. The number of amides is 1. The van der Waals surface area contributed by atoms with Crippen LogP contribution in [-0.2, 0) is 19.1 Å². The molecule has 19 heavy (non-hydrogen) atoms. The summed E-state index contributed by atoms with van der Waals surface area (Å²) in [6.45, 7) is 0.624. The van der Waals surface area contributed by atoms with Gasteiger partial charge in [-0.05, 0) is 25.7 Å². The quantitative estimate of drug-likeness (QED) is 0.618. The largest absolute Gasteiger partial charge is 0.481 e. The second-order valence-electron chi connectivity index (χ2n) is 4.58. The average molecular weight is 273 g/mol. The lowest BCUT2D eigenvalue weighted by Crippen LogP contribution is -2.42. The Balaban J connectivity index is 2.37. The van der Waals surface area contributed by atoms with E-state index < -0.39 is 23.9 Å². The molecule has 0 aromatic rings. The highest BCUT2D eigenvalue weighted by atomic mass is 16.5. The molecule has 1 rings (SSSR count). The van der Waals surface area contributed by atoms with Crippen molar-refractivity contribution in [2.45, 2.75) is 50.7 Å². The van der Waals surface area contributed by atoms with E-state index in [2.05, 4.69) is 5.32 Å². The van der Waals surface area contributed by atoms with Crippen LogP contribution in [0.2, 0.25) is 0 Å². The highest BCUT2D eigenvalue weighted by Crippen LogP contribution is 2.15. The molecule has 1 aliphatic heterocycles. The summed E-state index contributed by atoms with van der Waals surface area (Å²) in [5, 5.41) is 19.8. The highest BCUT2D eigenvalue weighted by molar-refractivity contribution is 5.84. The standard InChI is InChI=1S/C12H19NO6/c14-10(7-8-3-1-2-6-19-8)13-9(12(17)18)4-5-11(15)16/h8-9H,1-7H2,(H,13,14)(H,15,16)(H,17,18)/t8?,9-/m0/s1. The summed E-state index contributed by atoms with van der Waals surface area (Å²) in [5.74, 6) is -2.72. The SMILES string of the molecule is O=C(O)CC[C@H](NC(=O)CC1CCCCO1)C(=O)O. The van der Waals surface area contributed by atoms with Crippen LogP contribution >= 0.6 is 0 Å². The molecule has 0 bridgehead atoms. The molecule has 1 fully saturated rings. The van der Waals surface area contributed by atoms with Crippen molar-refractivity contribution in [2.24, 2.45) is 0 Å². The number of ether oxygens (including phenoxy) is 1. The molecule has 0 aromatic heterocycles. The lowest BCUT2D eigenvalue weighted by atomic mass is 10.1. The van der Waals surface area contributed by atoms with E-state index in [0.29, 0.717) is 6.61 Å². The van der Waals surface area contributed by atoms with Gasteiger partial charge < -0.3 is 20.3 Å². The second-order valence-corrected chi connectivity index (χ2v) is 4.58. The van der Waals surface area contributed by atoms with Crippen molar-refractivity contribution in [2.75, 3.05) is 6.61 Å². The van der Waals surface area contributed by atoms with Gasteiger partial charge >= 0.3 is 11.9 Å². The molecule has 2 atom stereocenters. The van der Waals surface area contributed by atoms with Crippen molar-refractivity contribution in [1.82, 2.24) is 5.32 Å². The molecule has 3 N–H and O–H groups in total. The molecule has 1 unspecified atom stereocenters. The van der Waals surface area contributed by atoms with Gasteiger partial charge in [-0.15, -0.1) is 0 Å². The van der Waals surface area contributed by atoms with Gasteiger partial charge in [0.15, 0.2) is 0 Å². The van der Waals surface area contributed by atoms with Gasteiger partial charge in [-0.2, -0.15) is 0 Å². The Morgan fingerprint density at radius 3 is 2.53 bits per heavy atom. The fourth-order valence-electron chi connectivity index (χ4n) is 1.95. The smallest absolute Gasteiger partial charge is 0.326 e. The van der Waals surface area contributed by atoms with E-state index in [1.165, 1.54) is 0 Å². The summed E-state index contributed by atoms with van der Waals surface area (Å²) in [7, 11) is 0. The third kappa shape index (κ3) is 6.19. The molecule has 0 spiro atoms. The number of hydrogen-bond acceptors (Lipinski definition) is 4. The molecule has 0 radical (unpaired) electrons. The fraction of sp³-hybridized carbons (Fsp3) is 0.750. The first-order valence-electron chi connectivity index (χ1n) is 6.34. The number of aliphatic carboxylic acids is 2. The van der Waals surface area contributed by atoms with E-state index >= 15 is 0 Å². The zero-order chi connectivity index (χ0) is 14.3. The third-order valence-corrected chi connectivity index (χ3v) is 2.97. The molecular weight excluding hydrogens is 254 g/mol. The molecule has 0 aliphatic carbocycles. The number of carbonyl (C=O) groups excluding carboxylic acids is 1. The normalized spacial score (nSPS) is 20.5. The minimum atomic E-state index is -1.22. The van der Waals surface area contributed by atoms with Crippen LogP contribution in [-0.4, -0.2) is 46.8 Å².